The zero-order chi connectivity index (χ0) is 13.0. The molecule has 2 aromatic carbocycles. The summed E-state index contributed by atoms with van der Waals surface area (Å²) in [5.74, 6) is 0.156. The quantitative estimate of drug-likeness (QED) is 0.866. The molecule has 94 valence electrons. The third kappa shape index (κ3) is 2.71. The number of hydrogen-bond acceptors (Lipinski definition) is 3. The highest BCUT2D eigenvalue weighted by atomic mass is 16.5. The van der Waals surface area contributed by atoms with Gasteiger partial charge in [-0.05, 0) is 29.8 Å². The first-order chi connectivity index (χ1) is 8.70. The maximum Gasteiger partial charge on any atom is 0.257 e. The molecule has 0 radical (unpaired) electrons. The van der Waals surface area contributed by atoms with Crippen LogP contribution >= 0.6 is 0 Å². The molecule has 0 bridgehead atoms. The Morgan fingerprint density at radius 3 is 2.61 bits per heavy atom. The van der Waals surface area contributed by atoms with E-state index in [1.54, 1.807) is 12.1 Å². The molecular formula is C14H15NO3. The van der Waals surface area contributed by atoms with Crippen molar-refractivity contribution < 1.29 is 14.6 Å². The molecular weight excluding hydrogens is 230 g/mol. The highest BCUT2D eigenvalue weighted by molar-refractivity contribution is 5.86. The molecule has 0 aliphatic carbocycles. The molecule has 0 fully saturated rings. The van der Waals surface area contributed by atoms with Crippen molar-refractivity contribution in [3.63, 3.8) is 0 Å². The topological polar surface area (TPSA) is 58.6 Å². The molecule has 0 heterocycles. The molecule has 0 spiro atoms. The first kappa shape index (κ1) is 12.2. The number of carbonyl (C=O) groups excluding carboxylic acids is 1. The van der Waals surface area contributed by atoms with E-state index in [0.29, 0.717) is 12.3 Å². The molecule has 0 aliphatic heterocycles. The second-order valence-corrected chi connectivity index (χ2v) is 3.91. The molecule has 1 amide bonds. The number of amides is 1. The summed E-state index contributed by atoms with van der Waals surface area (Å²) in [5, 5.41) is 14.3. The summed E-state index contributed by atoms with van der Waals surface area (Å²) in [6, 6.07) is 11.0. The van der Waals surface area contributed by atoms with Crippen LogP contribution in [-0.2, 0) is 4.79 Å². The van der Waals surface area contributed by atoms with E-state index in [9.17, 15) is 9.90 Å². The van der Waals surface area contributed by atoms with Crippen molar-refractivity contribution in [2.75, 3.05) is 13.2 Å². The van der Waals surface area contributed by atoms with Crippen LogP contribution in [0.2, 0.25) is 0 Å². The van der Waals surface area contributed by atoms with Gasteiger partial charge in [-0.2, -0.15) is 0 Å². The van der Waals surface area contributed by atoms with Gasteiger partial charge in [0.2, 0.25) is 0 Å². The molecule has 4 heteroatoms. The third-order valence-electron chi connectivity index (χ3n) is 2.56. The number of aromatic hydroxyl groups is 1. The van der Waals surface area contributed by atoms with Crippen molar-refractivity contribution in [3.05, 3.63) is 36.4 Å². The number of carbonyl (C=O) groups is 1. The minimum absolute atomic E-state index is 0.0398. The summed E-state index contributed by atoms with van der Waals surface area (Å²) in [5.41, 5.74) is 0. The molecule has 0 aromatic heterocycles. The first-order valence-corrected chi connectivity index (χ1v) is 5.82. The average molecular weight is 245 g/mol. The number of fused-ring (bicyclic) bond motifs is 1. The van der Waals surface area contributed by atoms with E-state index < -0.39 is 0 Å². The van der Waals surface area contributed by atoms with E-state index in [2.05, 4.69) is 5.32 Å². The molecule has 2 rings (SSSR count). The van der Waals surface area contributed by atoms with Gasteiger partial charge in [-0.15, -0.1) is 0 Å². The van der Waals surface area contributed by atoms with Gasteiger partial charge in [0.1, 0.15) is 0 Å². The fourth-order valence-corrected chi connectivity index (χ4v) is 1.71. The van der Waals surface area contributed by atoms with Gasteiger partial charge in [0, 0.05) is 6.54 Å². The Morgan fingerprint density at radius 1 is 1.28 bits per heavy atom. The van der Waals surface area contributed by atoms with Crippen molar-refractivity contribution >= 4 is 16.7 Å². The van der Waals surface area contributed by atoms with Gasteiger partial charge in [-0.25, -0.2) is 0 Å². The van der Waals surface area contributed by atoms with Crippen molar-refractivity contribution in [3.8, 4) is 11.5 Å². The molecule has 0 atom stereocenters. The maximum absolute atomic E-state index is 11.3. The van der Waals surface area contributed by atoms with Crippen LogP contribution in [0.5, 0.6) is 11.5 Å². The van der Waals surface area contributed by atoms with E-state index in [4.69, 9.17) is 4.74 Å². The summed E-state index contributed by atoms with van der Waals surface area (Å²) < 4.78 is 5.30. The van der Waals surface area contributed by atoms with Crippen LogP contribution in [-0.4, -0.2) is 24.2 Å². The predicted molar refractivity (Wildman–Crippen MR) is 69.8 cm³/mol. The Bertz CT molecular complexity index is 566. The molecule has 0 saturated heterocycles. The summed E-state index contributed by atoms with van der Waals surface area (Å²) in [4.78, 5) is 11.3. The van der Waals surface area contributed by atoms with E-state index in [1.165, 1.54) is 0 Å². The molecule has 18 heavy (non-hydrogen) atoms. The molecule has 0 unspecified atom stereocenters. The summed E-state index contributed by atoms with van der Waals surface area (Å²) in [7, 11) is 0. The van der Waals surface area contributed by atoms with Gasteiger partial charge in [-0.3, -0.25) is 4.79 Å². The van der Waals surface area contributed by atoms with Gasteiger partial charge in [-0.1, -0.05) is 24.3 Å². The number of hydrogen-bond donors (Lipinski definition) is 2. The molecule has 2 aromatic rings. The number of ether oxygens (including phenoxy) is 1. The maximum atomic E-state index is 11.3. The molecule has 2 N–H and O–H groups in total. The molecule has 0 saturated carbocycles. The van der Waals surface area contributed by atoms with E-state index in [0.717, 1.165) is 10.8 Å². The molecule has 4 nitrogen and oxygen atoms in total. The van der Waals surface area contributed by atoms with Crippen LogP contribution in [0.15, 0.2) is 36.4 Å². The van der Waals surface area contributed by atoms with Crippen LogP contribution in [0.4, 0.5) is 0 Å². The Labute approximate surface area is 105 Å². The SMILES string of the molecule is CCNC(=O)COc1cc2ccccc2cc1O. The summed E-state index contributed by atoms with van der Waals surface area (Å²) >= 11 is 0. The predicted octanol–water partition coefficient (Wildman–Crippen LogP) is 2.06. The lowest BCUT2D eigenvalue weighted by atomic mass is 10.1. The van der Waals surface area contributed by atoms with Crippen LogP contribution in [0.1, 0.15) is 6.92 Å². The van der Waals surface area contributed by atoms with Crippen LogP contribution in [0.3, 0.4) is 0 Å². The Balaban J connectivity index is 2.17. The van der Waals surface area contributed by atoms with Gasteiger partial charge < -0.3 is 15.2 Å². The lowest BCUT2D eigenvalue weighted by Gasteiger charge is -2.09. The van der Waals surface area contributed by atoms with Gasteiger partial charge >= 0.3 is 0 Å². The number of nitrogens with one attached hydrogen (secondary N) is 1. The summed E-state index contributed by atoms with van der Waals surface area (Å²) in [6.45, 7) is 2.30. The van der Waals surface area contributed by atoms with E-state index in [-0.39, 0.29) is 18.3 Å². The van der Waals surface area contributed by atoms with Crippen molar-refractivity contribution in [2.45, 2.75) is 6.92 Å². The number of rotatable bonds is 4. The van der Waals surface area contributed by atoms with E-state index in [1.807, 2.05) is 31.2 Å². The minimum Gasteiger partial charge on any atom is -0.504 e. The van der Waals surface area contributed by atoms with Crippen molar-refractivity contribution in [1.29, 1.82) is 0 Å². The zero-order valence-electron chi connectivity index (χ0n) is 10.1. The number of phenolic OH excluding ortho intramolecular Hbond substituents is 1. The summed E-state index contributed by atoms with van der Waals surface area (Å²) in [6.07, 6.45) is 0. The zero-order valence-corrected chi connectivity index (χ0v) is 10.1. The lowest BCUT2D eigenvalue weighted by Crippen LogP contribution is -2.28. The fraction of sp³-hybridized carbons (Fsp3) is 0.214. The highest BCUT2D eigenvalue weighted by Crippen LogP contribution is 2.31. The van der Waals surface area contributed by atoms with Crippen LogP contribution in [0, 0.1) is 0 Å². The van der Waals surface area contributed by atoms with Crippen molar-refractivity contribution in [1.82, 2.24) is 5.32 Å². The lowest BCUT2D eigenvalue weighted by molar-refractivity contribution is -0.122. The third-order valence-corrected chi connectivity index (χ3v) is 2.56. The second kappa shape index (κ2) is 5.40. The highest BCUT2D eigenvalue weighted by Gasteiger charge is 2.07. The van der Waals surface area contributed by atoms with Crippen molar-refractivity contribution in [2.24, 2.45) is 0 Å². The van der Waals surface area contributed by atoms with Gasteiger partial charge in [0.15, 0.2) is 18.1 Å². The number of benzene rings is 2. The van der Waals surface area contributed by atoms with Gasteiger partial charge in [0.05, 0.1) is 0 Å². The van der Waals surface area contributed by atoms with Gasteiger partial charge in [0.25, 0.3) is 5.91 Å². The number of likely N-dealkylation sites (N-methyl/N-ethyl adjacent to an activating group) is 1. The van der Waals surface area contributed by atoms with E-state index >= 15 is 0 Å². The fourth-order valence-electron chi connectivity index (χ4n) is 1.71. The molecule has 0 aliphatic rings. The standard InChI is InChI=1S/C14H15NO3/c1-2-15-14(17)9-18-13-8-11-6-4-3-5-10(11)7-12(13)16/h3-8,16H,2,9H2,1H3,(H,15,17). The van der Waals surface area contributed by atoms with Crippen LogP contribution in [0.25, 0.3) is 10.8 Å². The van der Waals surface area contributed by atoms with Crippen LogP contribution < -0.4 is 10.1 Å². The Morgan fingerprint density at radius 2 is 1.94 bits per heavy atom. The first-order valence-electron chi connectivity index (χ1n) is 5.82. The smallest absolute Gasteiger partial charge is 0.257 e. The largest absolute Gasteiger partial charge is 0.504 e. The minimum atomic E-state index is -0.204. The second-order valence-electron chi connectivity index (χ2n) is 3.91. The normalized spacial score (nSPS) is 10.3. The monoisotopic (exact) mass is 245 g/mol. The number of phenols is 1. The Kier molecular flexibility index (Phi) is 3.67. The Hall–Kier alpha value is -2.23. The average Bonchev–Trinajstić information content (AvgIpc) is 2.36.